The average Bonchev–Trinajstić information content (AvgIpc) is 2.08. The third-order valence-electron chi connectivity index (χ3n) is 1.24. The van der Waals surface area contributed by atoms with E-state index in [4.69, 9.17) is 0 Å². The first kappa shape index (κ1) is 15.2. The molecule has 0 spiro atoms. The first-order valence-corrected chi connectivity index (χ1v) is 4.11. The van der Waals surface area contributed by atoms with E-state index >= 15 is 0 Å². The SMILES string of the molecule is CCCC[O-].[Mg+2].[O-]c1ccccc1. The molecule has 0 amide bonds. The minimum atomic E-state index is 0. The van der Waals surface area contributed by atoms with Gasteiger partial charge in [0.05, 0.1) is 0 Å². The van der Waals surface area contributed by atoms with Crippen LogP contribution in [0, 0.1) is 0 Å². The van der Waals surface area contributed by atoms with Crippen LogP contribution in [0.4, 0.5) is 0 Å². The summed E-state index contributed by atoms with van der Waals surface area (Å²) in [5.41, 5.74) is 0. The van der Waals surface area contributed by atoms with Crippen molar-refractivity contribution >= 4 is 23.1 Å². The van der Waals surface area contributed by atoms with Crippen LogP contribution in [0.15, 0.2) is 30.3 Å². The monoisotopic (exact) mass is 190 g/mol. The van der Waals surface area contributed by atoms with Crippen molar-refractivity contribution in [1.29, 1.82) is 0 Å². The van der Waals surface area contributed by atoms with Crippen molar-refractivity contribution in [3.63, 3.8) is 0 Å². The molecule has 1 aromatic rings. The number of unbranched alkanes of at least 4 members (excludes halogenated alkanes) is 1. The maximum absolute atomic E-state index is 10.3. The standard InChI is InChI=1S/C6H6O.C4H9O.Mg/c7-6-4-2-1-3-5-6;1-2-3-4-5;/h1-5,7H;2-4H2,1H3;/q;-1;+2/p-1. The van der Waals surface area contributed by atoms with E-state index < -0.39 is 0 Å². The van der Waals surface area contributed by atoms with Gasteiger partial charge in [-0.1, -0.05) is 50.1 Å². The second kappa shape index (κ2) is 11.7. The molecule has 0 fully saturated rings. The molecule has 13 heavy (non-hydrogen) atoms. The van der Waals surface area contributed by atoms with Gasteiger partial charge in [-0.3, -0.25) is 0 Å². The maximum Gasteiger partial charge on any atom is 2.00 e. The Morgan fingerprint density at radius 2 is 1.69 bits per heavy atom. The summed E-state index contributed by atoms with van der Waals surface area (Å²) in [6, 6.07) is 8.33. The summed E-state index contributed by atoms with van der Waals surface area (Å²) in [7, 11) is 0. The van der Waals surface area contributed by atoms with E-state index in [-0.39, 0.29) is 35.4 Å². The third-order valence-corrected chi connectivity index (χ3v) is 1.24. The second-order valence-corrected chi connectivity index (χ2v) is 2.37. The van der Waals surface area contributed by atoms with Crippen LogP contribution in [0.5, 0.6) is 5.75 Å². The van der Waals surface area contributed by atoms with Crippen molar-refractivity contribution in [3.8, 4) is 5.75 Å². The summed E-state index contributed by atoms with van der Waals surface area (Å²) in [4.78, 5) is 0. The minimum Gasteiger partial charge on any atom is -0.872 e. The van der Waals surface area contributed by atoms with Crippen LogP contribution in [-0.2, 0) is 0 Å². The third kappa shape index (κ3) is 11.7. The molecule has 0 aromatic heterocycles. The fourth-order valence-corrected chi connectivity index (χ4v) is 0.565. The number of para-hydroxylation sites is 1. The van der Waals surface area contributed by atoms with Crippen LogP contribution in [0.25, 0.3) is 0 Å². The quantitative estimate of drug-likeness (QED) is 0.639. The van der Waals surface area contributed by atoms with Crippen molar-refractivity contribution in [2.24, 2.45) is 0 Å². The van der Waals surface area contributed by atoms with Gasteiger partial charge in [0.25, 0.3) is 0 Å². The molecule has 0 aliphatic carbocycles. The van der Waals surface area contributed by atoms with Crippen molar-refractivity contribution in [2.75, 3.05) is 6.61 Å². The van der Waals surface area contributed by atoms with Crippen LogP contribution in [-0.4, -0.2) is 29.7 Å². The van der Waals surface area contributed by atoms with E-state index in [9.17, 15) is 10.2 Å². The molecule has 0 radical (unpaired) electrons. The first-order valence-electron chi connectivity index (χ1n) is 4.11. The molecule has 0 bridgehead atoms. The van der Waals surface area contributed by atoms with Gasteiger partial charge in [-0.2, -0.15) is 0 Å². The molecule has 1 rings (SSSR count). The molecular formula is C10H14MgO2. The number of hydrogen-bond acceptors (Lipinski definition) is 2. The molecule has 0 saturated heterocycles. The van der Waals surface area contributed by atoms with Gasteiger partial charge in [0.15, 0.2) is 0 Å². The van der Waals surface area contributed by atoms with Gasteiger partial charge in [0, 0.05) is 0 Å². The molecule has 0 N–H and O–H groups in total. The molecule has 0 aliphatic heterocycles. The van der Waals surface area contributed by atoms with E-state index in [1.807, 2.05) is 13.0 Å². The summed E-state index contributed by atoms with van der Waals surface area (Å²) in [5.74, 6) is 0.0718. The predicted molar refractivity (Wildman–Crippen MR) is 51.4 cm³/mol. The Hall–Kier alpha value is -0.254. The maximum atomic E-state index is 10.3. The van der Waals surface area contributed by atoms with E-state index in [0.29, 0.717) is 0 Å². The van der Waals surface area contributed by atoms with Crippen molar-refractivity contribution in [1.82, 2.24) is 0 Å². The van der Waals surface area contributed by atoms with Crippen molar-refractivity contribution < 1.29 is 10.2 Å². The van der Waals surface area contributed by atoms with Crippen LogP contribution in [0.1, 0.15) is 19.8 Å². The molecule has 2 nitrogen and oxygen atoms in total. The normalized spacial score (nSPS) is 7.85. The molecule has 0 unspecified atom stereocenters. The summed E-state index contributed by atoms with van der Waals surface area (Å²) in [6.07, 6.45) is 1.86. The van der Waals surface area contributed by atoms with Gasteiger partial charge in [-0.25, -0.2) is 0 Å². The fourth-order valence-electron chi connectivity index (χ4n) is 0.565. The Kier molecular flexibility index (Phi) is 13.8. The first-order chi connectivity index (χ1) is 5.81. The van der Waals surface area contributed by atoms with Gasteiger partial charge in [-0.05, 0) is 0 Å². The predicted octanol–water partition coefficient (Wildman–Crippen LogP) is 0.526. The topological polar surface area (TPSA) is 46.1 Å². The minimum absolute atomic E-state index is 0. The summed E-state index contributed by atoms with van der Waals surface area (Å²) < 4.78 is 0. The number of benzene rings is 1. The zero-order chi connectivity index (χ0) is 9.23. The molecule has 0 saturated carbocycles. The van der Waals surface area contributed by atoms with E-state index in [2.05, 4.69) is 0 Å². The molecule has 3 heteroatoms. The zero-order valence-corrected chi connectivity index (χ0v) is 9.45. The van der Waals surface area contributed by atoms with Gasteiger partial charge in [0.1, 0.15) is 0 Å². The largest absolute Gasteiger partial charge is 2.00 e. The Morgan fingerprint density at radius 1 is 1.15 bits per heavy atom. The van der Waals surface area contributed by atoms with Gasteiger partial charge in [0.2, 0.25) is 0 Å². The average molecular weight is 191 g/mol. The summed E-state index contributed by atoms with van der Waals surface area (Å²) in [6.45, 7) is 2.11. The molecule has 0 aliphatic rings. The van der Waals surface area contributed by atoms with E-state index in [1.165, 1.54) is 12.1 Å². The van der Waals surface area contributed by atoms with E-state index in [0.717, 1.165) is 12.8 Å². The van der Waals surface area contributed by atoms with Gasteiger partial charge < -0.3 is 10.2 Å². The Morgan fingerprint density at radius 3 is 1.85 bits per heavy atom. The molecule has 0 atom stereocenters. The molecular weight excluding hydrogens is 176 g/mol. The van der Waals surface area contributed by atoms with Crippen LogP contribution >= 0.6 is 0 Å². The van der Waals surface area contributed by atoms with Crippen LogP contribution in [0.2, 0.25) is 0 Å². The number of rotatable bonds is 2. The summed E-state index contributed by atoms with van der Waals surface area (Å²) >= 11 is 0. The summed E-state index contributed by atoms with van der Waals surface area (Å²) in [5, 5.41) is 19.8. The molecule has 0 heterocycles. The van der Waals surface area contributed by atoms with Crippen molar-refractivity contribution in [3.05, 3.63) is 30.3 Å². The number of hydrogen-bond donors (Lipinski definition) is 0. The fraction of sp³-hybridized carbons (Fsp3) is 0.400. The molecule has 1 aromatic carbocycles. The van der Waals surface area contributed by atoms with Crippen LogP contribution < -0.4 is 10.2 Å². The second-order valence-electron chi connectivity index (χ2n) is 2.37. The van der Waals surface area contributed by atoms with Crippen molar-refractivity contribution in [2.45, 2.75) is 19.8 Å². The Bertz CT molecular complexity index is 176. The Balaban J connectivity index is 0. The van der Waals surface area contributed by atoms with Crippen LogP contribution in [0.3, 0.4) is 0 Å². The molecule has 68 valence electrons. The Labute approximate surface area is 95.8 Å². The van der Waals surface area contributed by atoms with E-state index in [1.54, 1.807) is 12.1 Å². The smallest absolute Gasteiger partial charge is 0.872 e. The zero-order valence-electron chi connectivity index (χ0n) is 8.03. The van der Waals surface area contributed by atoms with Gasteiger partial charge >= 0.3 is 23.1 Å². The van der Waals surface area contributed by atoms with Gasteiger partial charge in [-0.15, -0.1) is 12.4 Å².